The molecule has 2 aromatic rings. The van der Waals surface area contributed by atoms with Crippen LogP contribution in [0.4, 0.5) is 4.39 Å². The van der Waals surface area contributed by atoms with E-state index in [0.29, 0.717) is 12.3 Å². The van der Waals surface area contributed by atoms with Gasteiger partial charge in [0.15, 0.2) is 0 Å². The number of ether oxygens (including phenoxy) is 1. The third kappa shape index (κ3) is 4.29. The fourth-order valence-electron chi connectivity index (χ4n) is 2.54. The van der Waals surface area contributed by atoms with Crippen molar-refractivity contribution in [3.05, 3.63) is 65.0 Å². The maximum absolute atomic E-state index is 12.8. The summed E-state index contributed by atoms with van der Waals surface area (Å²) in [6, 6.07) is 12.0. The molecule has 0 aromatic heterocycles. The van der Waals surface area contributed by atoms with Crippen LogP contribution in [0, 0.1) is 5.82 Å². The molecule has 0 aliphatic carbocycles. The standard InChI is InChI=1S/C18H19FN2O2/c19-16-3-5-17(6-4-16)23-8-7-18(22)21-10-13-1-2-14-11-20-12-15(14)9-13/h1-6,9,20H,7-8,10-12H2,(H,21,22). The quantitative estimate of drug-likeness (QED) is 0.861. The second-order valence-corrected chi connectivity index (χ2v) is 5.54. The molecule has 2 aromatic carbocycles. The van der Waals surface area contributed by atoms with Crippen LogP contribution < -0.4 is 15.4 Å². The summed E-state index contributed by atoms with van der Waals surface area (Å²) in [5.41, 5.74) is 3.73. The number of benzene rings is 2. The third-order valence-corrected chi connectivity index (χ3v) is 3.80. The summed E-state index contributed by atoms with van der Waals surface area (Å²) < 4.78 is 18.2. The van der Waals surface area contributed by atoms with Crippen molar-refractivity contribution in [2.75, 3.05) is 6.61 Å². The van der Waals surface area contributed by atoms with Crippen molar-refractivity contribution in [2.45, 2.75) is 26.1 Å². The van der Waals surface area contributed by atoms with Gasteiger partial charge in [0, 0.05) is 19.6 Å². The van der Waals surface area contributed by atoms with Crippen molar-refractivity contribution < 1.29 is 13.9 Å². The molecule has 1 aliphatic rings. The lowest BCUT2D eigenvalue weighted by Gasteiger charge is -2.08. The van der Waals surface area contributed by atoms with Gasteiger partial charge in [0.25, 0.3) is 0 Å². The molecule has 1 heterocycles. The van der Waals surface area contributed by atoms with Gasteiger partial charge in [-0.2, -0.15) is 0 Å². The van der Waals surface area contributed by atoms with E-state index < -0.39 is 0 Å². The number of rotatable bonds is 6. The first kappa shape index (κ1) is 15.5. The highest BCUT2D eigenvalue weighted by atomic mass is 19.1. The van der Waals surface area contributed by atoms with Crippen LogP contribution in [0.15, 0.2) is 42.5 Å². The smallest absolute Gasteiger partial charge is 0.223 e. The van der Waals surface area contributed by atoms with Gasteiger partial charge in [-0.1, -0.05) is 18.2 Å². The molecule has 0 fully saturated rings. The second-order valence-electron chi connectivity index (χ2n) is 5.54. The molecule has 1 aliphatic heterocycles. The molecule has 0 radical (unpaired) electrons. The summed E-state index contributed by atoms with van der Waals surface area (Å²) in [4.78, 5) is 11.8. The highest BCUT2D eigenvalue weighted by Crippen LogP contribution is 2.17. The predicted octanol–water partition coefficient (Wildman–Crippen LogP) is 2.51. The average molecular weight is 314 g/mol. The minimum absolute atomic E-state index is 0.0641. The largest absolute Gasteiger partial charge is 0.493 e. The first-order valence-electron chi connectivity index (χ1n) is 7.67. The van der Waals surface area contributed by atoms with E-state index in [0.717, 1.165) is 18.7 Å². The number of nitrogens with one attached hydrogen (secondary N) is 2. The lowest BCUT2D eigenvalue weighted by atomic mass is 10.1. The Hall–Kier alpha value is -2.40. The van der Waals surface area contributed by atoms with E-state index in [1.54, 1.807) is 12.1 Å². The Bertz CT molecular complexity index is 686. The van der Waals surface area contributed by atoms with Crippen LogP contribution in [0.2, 0.25) is 0 Å². The summed E-state index contributed by atoms with van der Waals surface area (Å²) in [5.74, 6) is 0.190. The van der Waals surface area contributed by atoms with E-state index in [2.05, 4.69) is 22.8 Å². The molecule has 5 heteroatoms. The van der Waals surface area contributed by atoms with Gasteiger partial charge in [-0.25, -0.2) is 4.39 Å². The molecule has 4 nitrogen and oxygen atoms in total. The minimum atomic E-state index is -0.306. The normalized spacial score (nSPS) is 12.7. The summed E-state index contributed by atoms with van der Waals surface area (Å²) in [6.45, 7) is 2.60. The van der Waals surface area contributed by atoms with Crippen LogP contribution in [0.5, 0.6) is 5.75 Å². The van der Waals surface area contributed by atoms with Crippen LogP contribution in [0.25, 0.3) is 0 Å². The monoisotopic (exact) mass is 314 g/mol. The molecule has 0 saturated heterocycles. The fourth-order valence-corrected chi connectivity index (χ4v) is 2.54. The van der Waals surface area contributed by atoms with Gasteiger partial charge in [0.05, 0.1) is 13.0 Å². The molecule has 0 unspecified atom stereocenters. The maximum atomic E-state index is 12.8. The van der Waals surface area contributed by atoms with Crippen molar-refractivity contribution in [2.24, 2.45) is 0 Å². The Labute approximate surface area is 134 Å². The Morgan fingerprint density at radius 1 is 1.13 bits per heavy atom. The summed E-state index contributed by atoms with van der Waals surface area (Å²) in [6.07, 6.45) is 0.268. The van der Waals surface area contributed by atoms with Crippen LogP contribution in [-0.2, 0) is 24.4 Å². The molecule has 0 spiro atoms. The summed E-state index contributed by atoms with van der Waals surface area (Å²) in [5, 5.41) is 6.19. The molecule has 120 valence electrons. The molecular weight excluding hydrogens is 295 g/mol. The molecule has 0 bridgehead atoms. The van der Waals surface area contributed by atoms with Gasteiger partial charge >= 0.3 is 0 Å². The van der Waals surface area contributed by atoms with E-state index in [4.69, 9.17) is 4.74 Å². The second kappa shape index (κ2) is 7.24. The lowest BCUT2D eigenvalue weighted by molar-refractivity contribution is -0.121. The number of amides is 1. The highest BCUT2D eigenvalue weighted by molar-refractivity contribution is 5.76. The van der Waals surface area contributed by atoms with Gasteiger partial charge in [0.2, 0.25) is 5.91 Å². The lowest BCUT2D eigenvalue weighted by Crippen LogP contribution is -2.24. The minimum Gasteiger partial charge on any atom is -0.493 e. The zero-order valence-electron chi connectivity index (χ0n) is 12.8. The third-order valence-electron chi connectivity index (χ3n) is 3.80. The molecular formula is C18H19FN2O2. The SMILES string of the molecule is O=C(CCOc1ccc(F)cc1)NCc1ccc2c(c1)CNC2. The summed E-state index contributed by atoms with van der Waals surface area (Å²) in [7, 11) is 0. The first-order chi connectivity index (χ1) is 11.2. The fraction of sp³-hybridized carbons (Fsp3) is 0.278. The Morgan fingerprint density at radius 2 is 1.91 bits per heavy atom. The molecule has 1 amide bonds. The number of fused-ring (bicyclic) bond motifs is 1. The maximum Gasteiger partial charge on any atom is 0.223 e. The van der Waals surface area contributed by atoms with E-state index >= 15 is 0 Å². The number of halogens is 1. The van der Waals surface area contributed by atoms with Gasteiger partial charge in [0.1, 0.15) is 11.6 Å². The molecule has 2 N–H and O–H groups in total. The predicted molar refractivity (Wildman–Crippen MR) is 85.3 cm³/mol. The first-order valence-corrected chi connectivity index (χ1v) is 7.67. The topological polar surface area (TPSA) is 50.4 Å². The van der Waals surface area contributed by atoms with Gasteiger partial charge in [-0.15, -0.1) is 0 Å². The number of hydrogen-bond donors (Lipinski definition) is 2. The molecule has 0 atom stereocenters. The van der Waals surface area contributed by atoms with Crippen LogP contribution >= 0.6 is 0 Å². The van der Waals surface area contributed by atoms with Crippen LogP contribution in [-0.4, -0.2) is 12.5 Å². The van der Waals surface area contributed by atoms with Gasteiger partial charge < -0.3 is 15.4 Å². The summed E-state index contributed by atoms with van der Waals surface area (Å²) >= 11 is 0. The van der Waals surface area contributed by atoms with E-state index in [-0.39, 0.29) is 24.8 Å². The Morgan fingerprint density at radius 3 is 2.74 bits per heavy atom. The number of hydrogen-bond acceptors (Lipinski definition) is 3. The molecule has 0 saturated carbocycles. The number of carbonyl (C=O) groups excluding carboxylic acids is 1. The van der Waals surface area contributed by atoms with Gasteiger partial charge in [-0.3, -0.25) is 4.79 Å². The Kier molecular flexibility index (Phi) is 4.88. The van der Waals surface area contributed by atoms with Crippen LogP contribution in [0.3, 0.4) is 0 Å². The van der Waals surface area contributed by atoms with Crippen molar-refractivity contribution in [3.63, 3.8) is 0 Å². The molecule has 23 heavy (non-hydrogen) atoms. The van der Waals surface area contributed by atoms with E-state index in [9.17, 15) is 9.18 Å². The van der Waals surface area contributed by atoms with Crippen molar-refractivity contribution in [3.8, 4) is 5.75 Å². The zero-order valence-corrected chi connectivity index (χ0v) is 12.8. The van der Waals surface area contributed by atoms with Crippen LogP contribution in [0.1, 0.15) is 23.1 Å². The van der Waals surface area contributed by atoms with E-state index in [1.165, 1.54) is 23.3 Å². The van der Waals surface area contributed by atoms with Crippen molar-refractivity contribution in [1.82, 2.24) is 10.6 Å². The average Bonchev–Trinajstić information content (AvgIpc) is 3.02. The van der Waals surface area contributed by atoms with Crippen molar-refractivity contribution >= 4 is 5.91 Å². The molecule has 3 rings (SSSR count). The highest BCUT2D eigenvalue weighted by Gasteiger charge is 2.10. The Balaban J connectivity index is 1.40. The van der Waals surface area contributed by atoms with Crippen molar-refractivity contribution in [1.29, 1.82) is 0 Å². The van der Waals surface area contributed by atoms with E-state index in [1.807, 2.05) is 6.07 Å². The zero-order chi connectivity index (χ0) is 16.1. The van der Waals surface area contributed by atoms with Gasteiger partial charge in [-0.05, 0) is 41.0 Å². The number of carbonyl (C=O) groups is 1.